The van der Waals surface area contributed by atoms with E-state index in [4.69, 9.17) is 12.2 Å². The zero-order chi connectivity index (χ0) is 11.3. The molecule has 0 aromatic rings. The molecule has 88 valence electrons. The summed E-state index contributed by atoms with van der Waals surface area (Å²) in [6.45, 7) is 6.54. The summed E-state index contributed by atoms with van der Waals surface area (Å²) in [5.41, 5.74) is 0.110. The van der Waals surface area contributed by atoms with Crippen LogP contribution in [0, 0.1) is 0 Å². The Morgan fingerprint density at radius 3 is 2.40 bits per heavy atom. The predicted molar refractivity (Wildman–Crippen MR) is 70.1 cm³/mol. The maximum Gasteiger partial charge on any atom is 0.166 e. The monoisotopic (exact) mass is 228 g/mol. The third-order valence-corrected chi connectivity index (χ3v) is 3.50. The largest absolute Gasteiger partial charge is 0.360 e. The molecule has 0 aromatic heterocycles. The lowest BCUT2D eigenvalue weighted by atomic mass is 9.95. The lowest BCUT2D eigenvalue weighted by Gasteiger charge is -2.30. The van der Waals surface area contributed by atoms with E-state index in [1.807, 2.05) is 0 Å². The van der Waals surface area contributed by atoms with Gasteiger partial charge in [-0.25, -0.2) is 0 Å². The standard InChI is InChI=1S/C12H24N2S/c1-4-12(2,3)14-11(15)13-10-8-6-5-7-9-10/h10H,4-9H2,1-3H3,(H2,13,14,15). The quantitative estimate of drug-likeness (QED) is 0.726. The van der Waals surface area contributed by atoms with E-state index in [2.05, 4.69) is 31.4 Å². The van der Waals surface area contributed by atoms with Crippen LogP contribution in [0.2, 0.25) is 0 Å². The second kappa shape index (κ2) is 5.69. The van der Waals surface area contributed by atoms with Crippen molar-refractivity contribution in [2.45, 2.75) is 70.9 Å². The van der Waals surface area contributed by atoms with Gasteiger partial charge in [-0.3, -0.25) is 0 Å². The summed E-state index contributed by atoms with van der Waals surface area (Å²) in [6, 6.07) is 0.603. The van der Waals surface area contributed by atoms with Crippen LogP contribution in [0.4, 0.5) is 0 Å². The Morgan fingerprint density at radius 1 is 1.27 bits per heavy atom. The van der Waals surface area contributed by atoms with Gasteiger partial charge >= 0.3 is 0 Å². The lowest BCUT2D eigenvalue weighted by molar-refractivity contribution is 0.397. The van der Waals surface area contributed by atoms with Crippen molar-refractivity contribution in [3.05, 3.63) is 0 Å². The van der Waals surface area contributed by atoms with Gasteiger partial charge in [0.25, 0.3) is 0 Å². The Bertz CT molecular complexity index is 208. The second-order valence-electron chi connectivity index (χ2n) is 5.17. The van der Waals surface area contributed by atoms with E-state index in [9.17, 15) is 0 Å². The highest BCUT2D eigenvalue weighted by atomic mass is 32.1. The van der Waals surface area contributed by atoms with E-state index in [1.165, 1.54) is 32.1 Å². The third-order valence-electron chi connectivity index (χ3n) is 3.28. The minimum Gasteiger partial charge on any atom is -0.360 e. The van der Waals surface area contributed by atoms with Gasteiger partial charge in [0, 0.05) is 11.6 Å². The first kappa shape index (κ1) is 12.8. The van der Waals surface area contributed by atoms with Crippen LogP contribution in [0.3, 0.4) is 0 Å². The van der Waals surface area contributed by atoms with E-state index >= 15 is 0 Å². The minimum absolute atomic E-state index is 0.110. The molecule has 2 nitrogen and oxygen atoms in total. The van der Waals surface area contributed by atoms with Crippen molar-refractivity contribution in [1.29, 1.82) is 0 Å². The van der Waals surface area contributed by atoms with Crippen LogP contribution in [-0.4, -0.2) is 16.7 Å². The highest BCUT2D eigenvalue weighted by Crippen LogP contribution is 2.17. The average Bonchev–Trinajstić information content (AvgIpc) is 2.18. The molecule has 0 saturated heterocycles. The zero-order valence-electron chi connectivity index (χ0n) is 10.2. The maximum atomic E-state index is 5.33. The van der Waals surface area contributed by atoms with Crippen LogP contribution in [-0.2, 0) is 0 Å². The summed E-state index contributed by atoms with van der Waals surface area (Å²) < 4.78 is 0. The van der Waals surface area contributed by atoms with Crippen LogP contribution in [0.15, 0.2) is 0 Å². The first-order chi connectivity index (χ1) is 7.03. The molecule has 1 aliphatic carbocycles. The Kier molecular flexibility index (Phi) is 4.84. The highest BCUT2D eigenvalue weighted by molar-refractivity contribution is 7.80. The molecule has 0 bridgehead atoms. The normalized spacial score (nSPS) is 18.6. The molecule has 15 heavy (non-hydrogen) atoms. The summed E-state index contributed by atoms with van der Waals surface area (Å²) in [4.78, 5) is 0. The van der Waals surface area contributed by atoms with Crippen molar-refractivity contribution in [3.63, 3.8) is 0 Å². The fourth-order valence-corrected chi connectivity index (χ4v) is 2.31. The molecule has 1 rings (SSSR count). The lowest BCUT2D eigenvalue weighted by Crippen LogP contribution is -2.50. The van der Waals surface area contributed by atoms with Crippen LogP contribution in [0.5, 0.6) is 0 Å². The van der Waals surface area contributed by atoms with E-state index in [0.717, 1.165) is 11.5 Å². The van der Waals surface area contributed by atoms with Crippen molar-refractivity contribution in [1.82, 2.24) is 10.6 Å². The van der Waals surface area contributed by atoms with E-state index < -0.39 is 0 Å². The molecule has 1 aliphatic rings. The van der Waals surface area contributed by atoms with Crippen molar-refractivity contribution in [2.24, 2.45) is 0 Å². The smallest absolute Gasteiger partial charge is 0.166 e. The SMILES string of the molecule is CCC(C)(C)NC(=S)NC1CCCCC1. The van der Waals surface area contributed by atoms with E-state index in [-0.39, 0.29) is 5.54 Å². The molecule has 0 radical (unpaired) electrons. The topological polar surface area (TPSA) is 24.1 Å². The molecule has 3 heteroatoms. The number of nitrogens with one attached hydrogen (secondary N) is 2. The fraction of sp³-hybridized carbons (Fsp3) is 0.917. The van der Waals surface area contributed by atoms with Gasteiger partial charge in [-0.2, -0.15) is 0 Å². The number of rotatable bonds is 3. The van der Waals surface area contributed by atoms with Crippen LogP contribution >= 0.6 is 12.2 Å². The average molecular weight is 228 g/mol. The van der Waals surface area contributed by atoms with Crippen molar-refractivity contribution < 1.29 is 0 Å². The fourth-order valence-electron chi connectivity index (χ4n) is 1.86. The van der Waals surface area contributed by atoms with Crippen molar-refractivity contribution >= 4 is 17.3 Å². The van der Waals surface area contributed by atoms with Crippen molar-refractivity contribution in [3.8, 4) is 0 Å². The molecule has 0 heterocycles. The zero-order valence-corrected chi connectivity index (χ0v) is 11.0. The predicted octanol–water partition coefficient (Wildman–Crippen LogP) is 2.97. The van der Waals surface area contributed by atoms with Gasteiger partial charge in [-0.1, -0.05) is 26.2 Å². The molecule has 0 spiro atoms. The summed E-state index contributed by atoms with van der Waals surface area (Å²) in [6.07, 6.45) is 7.70. The second-order valence-corrected chi connectivity index (χ2v) is 5.58. The van der Waals surface area contributed by atoms with Gasteiger partial charge in [-0.15, -0.1) is 0 Å². The summed E-state index contributed by atoms with van der Waals surface area (Å²) in [5.74, 6) is 0. The minimum atomic E-state index is 0.110. The molecule has 2 N–H and O–H groups in total. The van der Waals surface area contributed by atoms with Crippen LogP contribution in [0.1, 0.15) is 59.3 Å². The van der Waals surface area contributed by atoms with Gasteiger partial charge in [0.15, 0.2) is 5.11 Å². The first-order valence-corrected chi connectivity index (χ1v) is 6.53. The Morgan fingerprint density at radius 2 is 1.87 bits per heavy atom. The van der Waals surface area contributed by atoms with Crippen LogP contribution in [0.25, 0.3) is 0 Å². The molecule has 0 aromatic carbocycles. The molecule has 0 atom stereocenters. The van der Waals surface area contributed by atoms with Gasteiger partial charge in [0.05, 0.1) is 0 Å². The molecule has 1 fully saturated rings. The Balaban J connectivity index is 2.28. The molecule has 0 unspecified atom stereocenters. The van der Waals surface area contributed by atoms with Crippen LogP contribution < -0.4 is 10.6 Å². The molecule has 0 amide bonds. The molecular formula is C12H24N2S. The van der Waals surface area contributed by atoms with Gasteiger partial charge in [0.2, 0.25) is 0 Å². The molecular weight excluding hydrogens is 204 g/mol. The highest BCUT2D eigenvalue weighted by Gasteiger charge is 2.18. The Labute approximate surface area is 99.2 Å². The van der Waals surface area contributed by atoms with E-state index in [1.54, 1.807) is 0 Å². The van der Waals surface area contributed by atoms with E-state index in [0.29, 0.717) is 6.04 Å². The number of thiocarbonyl (C=S) groups is 1. The summed E-state index contributed by atoms with van der Waals surface area (Å²) >= 11 is 5.33. The first-order valence-electron chi connectivity index (χ1n) is 6.12. The number of hydrogen-bond acceptors (Lipinski definition) is 1. The van der Waals surface area contributed by atoms with Gasteiger partial charge < -0.3 is 10.6 Å². The molecule has 0 aliphatic heterocycles. The maximum absolute atomic E-state index is 5.33. The van der Waals surface area contributed by atoms with Gasteiger partial charge in [0.1, 0.15) is 0 Å². The van der Waals surface area contributed by atoms with Gasteiger partial charge in [-0.05, 0) is 45.3 Å². The molecule has 1 saturated carbocycles. The summed E-state index contributed by atoms with van der Waals surface area (Å²) in [7, 11) is 0. The van der Waals surface area contributed by atoms with Crippen molar-refractivity contribution in [2.75, 3.05) is 0 Å². The Hall–Kier alpha value is -0.310. The number of hydrogen-bond donors (Lipinski definition) is 2. The third kappa shape index (κ3) is 4.83. The summed E-state index contributed by atoms with van der Waals surface area (Å²) in [5, 5.41) is 7.63.